The molecule has 2 aliphatic rings. The molecule has 1 atom stereocenters. The molecule has 1 fully saturated rings. The van der Waals surface area contributed by atoms with Crippen LogP contribution >= 0.6 is 12.4 Å². The van der Waals surface area contributed by atoms with E-state index in [0.29, 0.717) is 11.3 Å². The first kappa shape index (κ1) is 28.8. The number of benzene rings is 3. The van der Waals surface area contributed by atoms with Crippen LogP contribution in [0.25, 0.3) is 11.1 Å². The van der Waals surface area contributed by atoms with Gasteiger partial charge in [0.1, 0.15) is 23.4 Å². The molecule has 3 aromatic carbocycles. The van der Waals surface area contributed by atoms with Gasteiger partial charge >= 0.3 is 5.97 Å². The molecule has 6 heteroatoms. The van der Waals surface area contributed by atoms with Gasteiger partial charge in [-0.2, -0.15) is 0 Å². The van der Waals surface area contributed by atoms with Crippen molar-refractivity contribution in [2.75, 3.05) is 13.1 Å². The van der Waals surface area contributed by atoms with E-state index in [-0.39, 0.29) is 30.3 Å². The summed E-state index contributed by atoms with van der Waals surface area (Å²) in [4.78, 5) is 12.5. The fourth-order valence-electron chi connectivity index (χ4n) is 5.17. The molecular formula is C33H37ClFNO3. The maximum atomic E-state index is 15.3. The number of allylic oxidation sites excluding steroid dienone is 1. The molecule has 5 rings (SSSR count). The Morgan fingerprint density at radius 3 is 2.33 bits per heavy atom. The van der Waals surface area contributed by atoms with E-state index < -0.39 is 5.41 Å². The topological polar surface area (TPSA) is 47.6 Å². The molecule has 4 nitrogen and oxygen atoms in total. The van der Waals surface area contributed by atoms with Crippen LogP contribution in [0.3, 0.4) is 0 Å². The van der Waals surface area contributed by atoms with Crippen LogP contribution in [0.4, 0.5) is 4.39 Å². The highest BCUT2D eigenvalue weighted by Crippen LogP contribution is 2.42. The predicted molar refractivity (Wildman–Crippen MR) is 157 cm³/mol. The minimum Gasteiger partial charge on any atom is -0.489 e. The van der Waals surface area contributed by atoms with Crippen molar-refractivity contribution in [2.45, 2.75) is 59.5 Å². The summed E-state index contributed by atoms with van der Waals surface area (Å²) in [6.07, 6.45) is 3.61. The molecule has 0 aromatic heterocycles. The van der Waals surface area contributed by atoms with E-state index in [2.05, 4.69) is 17.4 Å². The summed E-state index contributed by atoms with van der Waals surface area (Å²) < 4.78 is 27.2. The second-order valence-electron chi connectivity index (χ2n) is 11.4. The highest BCUT2D eigenvalue weighted by Gasteiger charge is 2.26. The van der Waals surface area contributed by atoms with E-state index >= 15 is 4.39 Å². The Morgan fingerprint density at radius 2 is 1.67 bits per heavy atom. The largest absolute Gasteiger partial charge is 0.489 e. The van der Waals surface area contributed by atoms with Crippen molar-refractivity contribution in [1.29, 1.82) is 0 Å². The lowest BCUT2D eigenvalue weighted by molar-refractivity contribution is -0.143. The van der Waals surface area contributed by atoms with E-state index in [9.17, 15) is 4.79 Å². The van der Waals surface area contributed by atoms with Crippen LogP contribution in [0.15, 0.2) is 60.7 Å². The second kappa shape index (κ2) is 11.9. The lowest BCUT2D eigenvalue weighted by Crippen LogP contribution is -2.25. The van der Waals surface area contributed by atoms with Crippen LogP contribution in [-0.4, -0.2) is 25.2 Å². The predicted octanol–water partition coefficient (Wildman–Crippen LogP) is 7.54. The van der Waals surface area contributed by atoms with Crippen molar-refractivity contribution >= 4 is 29.5 Å². The number of carbonyl (C=O) groups excluding carboxylic acids is 1. The molecule has 1 aliphatic heterocycles. The van der Waals surface area contributed by atoms with Crippen LogP contribution in [0.1, 0.15) is 67.9 Å². The van der Waals surface area contributed by atoms with E-state index in [0.717, 1.165) is 77.9 Å². The van der Waals surface area contributed by atoms with Gasteiger partial charge in [0, 0.05) is 12.1 Å². The molecule has 0 radical (unpaired) electrons. The maximum absolute atomic E-state index is 15.3. The number of hydrogen-bond donors (Lipinski definition) is 1. The molecule has 0 unspecified atom stereocenters. The van der Waals surface area contributed by atoms with Gasteiger partial charge in [-0.15, -0.1) is 12.4 Å². The number of nitrogens with one attached hydrogen (secondary N) is 1. The smallest absolute Gasteiger partial charge is 0.316 e. The third-order valence-electron chi connectivity index (χ3n) is 7.25. The van der Waals surface area contributed by atoms with Gasteiger partial charge < -0.3 is 14.8 Å². The van der Waals surface area contributed by atoms with Gasteiger partial charge in [-0.25, -0.2) is 4.39 Å². The molecule has 1 aliphatic carbocycles. The Morgan fingerprint density at radius 1 is 0.949 bits per heavy atom. The highest BCUT2D eigenvalue weighted by molar-refractivity contribution is 6.00. The van der Waals surface area contributed by atoms with E-state index in [1.54, 1.807) is 6.07 Å². The first-order chi connectivity index (χ1) is 18.2. The number of ether oxygens (including phenoxy) is 2. The van der Waals surface area contributed by atoms with Gasteiger partial charge in [-0.3, -0.25) is 4.79 Å². The molecule has 206 valence electrons. The number of carbonyl (C=O) groups is 1. The number of halogens is 2. The third-order valence-corrected chi connectivity index (χ3v) is 7.25. The molecule has 0 bridgehead atoms. The SMILES string of the molecule is Cc1ccc(C2=C(c3ccc(O[C@H]4CCNC4)cc3)c3ccc(OC(=O)C(C)(C)C)cc3CCC2)c(F)c1.Cl. The maximum Gasteiger partial charge on any atom is 0.316 e. The van der Waals surface area contributed by atoms with E-state index in [4.69, 9.17) is 9.47 Å². The number of hydrogen-bond acceptors (Lipinski definition) is 4. The Hall–Kier alpha value is -3.15. The average Bonchev–Trinajstić information content (AvgIpc) is 3.31. The average molecular weight is 550 g/mol. The van der Waals surface area contributed by atoms with Crippen molar-refractivity contribution in [3.8, 4) is 11.5 Å². The highest BCUT2D eigenvalue weighted by atomic mass is 35.5. The Balaban J connectivity index is 0.00000353. The van der Waals surface area contributed by atoms with E-state index in [1.165, 1.54) is 0 Å². The summed E-state index contributed by atoms with van der Waals surface area (Å²) in [7, 11) is 0. The zero-order valence-corrected chi connectivity index (χ0v) is 23.9. The van der Waals surface area contributed by atoms with Gasteiger partial charge in [0.15, 0.2) is 0 Å². The van der Waals surface area contributed by atoms with Crippen LogP contribution < -0.4 is 14.8 Å². The lowest BCUT2D eigenvalue weighted by Gasteiger charge is -2.20. The van der Waals surface area contributed by atoms with Crippen molar-refractivity contribution in [2.24, 2.45) is 5.41 Å². The van der Waals surface area contributed by atoms with Crippen LogP contribution in [0, 0.1) is 18.2 Å². The standard InChI is InChI=1S/C33H36FNO3.ClH/c1-21-8-14-28(30(34)18-21)29-7-5-6-23-19-25(38-32(36)33(2,3)4)13-15-27(23)31(29)22-9-11-24(12-10-22)37-26-16-17-35-20-26;/h8-15,18-19,26,35H,5-7,16-17,20H2,1-4H3;1H/t26-;/m0./s1. The van der Waals surface area contributed by atoms with Crippen LogP contribution in [0.2, 0.25) is 0 Å². The molecule has 39 heavy (non-hydrogen) atoms. The fourth-order valence-corrected chi connectivity index (χ4v) is 5.17. The van der Waals surface area contributed by atoms with Crippen LogP contribution in [0.5, 0.6) is 11.5 Å². The summed E-state index contributed by atoms with van der Waals surface area (Å²) in [5, 5.41) is 3.33. The molecule has 1 saturated heterocycles. The zero-order valence-electron chi connectivity index (χ0n) is 23.1. The monoisotopic (exact) mass is 549 g/mol. The summed E-state index contributed by atoms with van der Waals surface area (Å²) >= 11 is 0. The molecular weight excluding hydrogens is 513 g/mol. The molecule has 0 amide bonds. The Labute approximate surface area is 237 Å². The van der Waals surface area contributed by atoms with Crippen molar-refractivity contribution in [3.63, 3.8) is 0 Å². The van der Waals surface area contributed by atoms with Crippen molar-refractivity contribution < 1.29 is 18.7 Å². The molecule has 1 heterocycles. The van der Waals surface area contributed by atoms with Gasteiger partial charge in [0.25, 0.3) is 0 Å². The molecule has 3 aromatic rings. The first-order valence-corrected chi connectivity index (χ1v) is 13.5. The summed E-state index contributed by atoms with van der Waals surface area (Å²) in [5.74, 6) is 0.911. The quantitative estimate of drug-likeness (QED) is 0.264. The van der Waals surface area contributed by atoms with Gasteiger partial charge in [0.2, 0.25) is 0 Å². The second-order valence-corrected chi connectivity index (χ2v) is 11.4. The normalized spacial score (nSPS) is 17.2. The molecule has 0 spiro atoms. The number of rotatable bonds is 5. The first-order valence-electron chi connectivity index (χ1n) is 13.5. The van der Waals surface area contributed by atoms with E-state index in [1.807, 2.05) is 70.2 Å². The zero-order chi connectivity index (χ0) is 26.9. The summed E-state index contributed by atoms with van der Waals surface area (Å²) in [6.45, 7) is 9.28. The number of esters is 1. The van der Waals surface area contributed by atoms with Gasteiger partial charge in [0.05, 0.1) is 5.41 Å². The molecule has 1 N–H and O–H groups in total. The summed E-state index contributed by atoms with van der Waals surface area (Å²) in [6, 6.07) is 19.5. The van der Waals surface area contributed by atoms with Crippen molar-refractivity contribution in [1.82, 2.24) is 5.32 Å². The van der Waals surface area contributed by atoms with Crippen LogP contribution in [-0.2, 0) is 11.2 Å². The Kier molecular flexibility index (Phi) is 8.83. The van der Waals surface area contributed by atoms with Gasteiger partial charge in [-0.05, 0) is 124 Å². The minimum absolute atomic E-state index is 0. The van der Waals surface area contributed by atoms with Gasteiger partial charge in [-0.1, -0.05) is 30.3 Å². The minimum atomic E-state index is -0.591. The van der Waals surface area contributed by atoms with Crippen molar-refractivity contribution in [3.05, 3.63) is 94.3 Å². The fraction of sp³-hybridized carbons (Fsp3) is 0.364. The lowest BCUT2D eigenvalue weighted by atomic mass is 9.87. The third kappa shape index (κ3) is 6.54. The summed E-state index contributed by atoms with van der Waals surface area (Å²) in [5.41, 5.74) is 6.11. The number of aryl methyl sites for hydroxylation is 2. The Bertz CT molecular complexity index is 1370. The molecule has 0 saturated carbocycles. The number of fused-ring (bicyclic) bond motifs is 1.